The third-order valence-corrected chi connectivity index (χ3v) is 5.62. The van der Waals surface area contributed by atoms with Crippen LogP contribution in [0.1, 0.15) is 24.5 Å². The number of benzene rings is 1. The lowest BCUT2D eigenvalue weighted by molar-refractivity contribution is -0.115. The summed E-state index contributed by atoms with van der Waals surface area (Å²) in [5, 5.41) is 6.14. The topological polar surface area (TPSA) is 48.5 Å². The number of nitrogens with one attached hydrogen (secondary N) is 1. The van der Waals surface area contributed by atoms with Crippen LogP contribution in [-0.2, 0) is 17.6 Å². The van der Waals surface area contributed by atoms with Crippen molar-refractivity contribution in [1.82, 2.24) is 9.88 Å². The molecule has 0 radical (unpaired) electrons. The lowest BCUT2D eigenvalue weighted by atomic mass is 10.2. The molecule has 0 bridgehead atoms. The number of likely N-dealkylation sites (N-methyl/N-ethyl adjacent to an activating group) is 1. The number of piperazine rings is 1. The van der Waals surface area contributed by atoms with E-state index < -0.39 is 0 Å². The zero-order valence-corrected chi connectivity index (χ0v) is 15.8. The van der Waals surface area contributed by atoms with Gasteiger partial charge in [-0.2, -0.15) is 0 Å². The van der Waals surface area contributed by atoms with Crippen LogP contribution in [0, 0.1) is 0 Å². The van der Waals surface area contributed by atoms with Gasteiger partial charge in [-0.15, -0.1) is 11.3 Å². The van der Waals surface area contributed by atoms with Crippen LogP contribution in [0.15, 0.2) is 29.6 Å². The van der Waals surface area contributed by atoms with Crippen LogP contribution in [0.3, 0.4) is 0 Å². The number of aryl methyl sites for hydroxylation is 1. The number of nitrogens with zero attached hydrogens (tertiary/aromatic N) is 3. The smallest absolute Gasteiger partial charge is 0.230 e. The molecular formula is C19H26N4OS. The van der Waals surface area contributed by atoms with Gasteiger partial charge >= 0.3 is 0 Å². The molecule has 1 N–H and O–H groups in total. The maximum atomic E-state index is 12.4. The Labute approximate surface area is 153 Å². The highest BCUT2D eigenvalue weighted by Crippen LogP contribution is 2.26. The first kappa shape index (κ1) is 17.9. The van der Waals surface area contributed by atoms with E-state index in [4.69, 9.17) is 0 Å². The highest BCUT2D eigenvalue weighted by molar-refractivity contribution is 7.09. The van der Waals surface area contributed by atoms with Gasteiger partial charge in [-0.1, -0.05) is 26.0 Å². The Hall–Kier alpha value is -1.92. The number of amides is 1. The second kappa shape index (κ2) is 8.45. The minimum atomic E-state index is -0.00685. The van der Waals surface area contributed by atoms with Gasteiger partial charge in [-0.25, -0.2) is 4.98 Å². The van der Waals surface area contributed by atoms with Gasteiger partial charge in [0.05, 0.1) is 28.5 Å². The Morgan fingerprint density at radius 3 is 2.64 bits per heavy atom. The summed E-state index contributed by atoms with van der Waals surface area (Å²) in [7, 11) is 0. The minimum Gasteiger partial charge on any atom is -0.367 e. The number of para-hydroxylation sites is 2. The van der Waals surface area contributed by atoms with Crippen molar-refractivity contribution in [3.63, 3.8) is 0 Å². The molecule has 3 rings (SSSR count). The largest absolute Gasteiger partial charge is 0.367 e. The first-order chi connectivity index (χ1) is 12.2. The summed E-state index contributed by atoms with van der Waals surface area (Å²) in [5.74, 6) is -0.00685. The van der Waals surface area contributed by atoms with Crippen molar-refractivity contribution in [2.24, 2.45) is 0 Å². The van der Waals surface area contributed by atoms with Crippen LogP contribution in [0.25, 0.3) is 0 Å². The summed E-state index contributed by atoms with van der Waals surface area (Å²) in [5.41, 5.74) is 2.86. The van der Waals surface area contributed by atoms with E-state index in [9.17, 15) is 4.79 Å². The molecule has 25 heavy (non-hydrogen) atoms. The standard InChI is InChI=1S/C19H26N4OS/c1-3-19-20-15(14-25-19)13-18(24)21-16-7-5-6-8-17(16)23-11-9-22(4-2)10-12-23/h5-8,14H,3-4,9-13H2,1-2H3,(H,21,24). The molecule has 1 aliphatic heterocycles. The third-order valence-electron chi connectivity index (χ3n) is 4.58. The molecule has 0 atom stereocenters. The van der Waals surface area contributed by atoms with Gasteiger partial charge in [0, 0.05) is 31.6 Å². The van der Waals surface area contributed by atoms with Crippen molar-refractivity contribution < 1.29 is 4.79 Å². The Bertz CT molecular complexity index is 707. The number of thiazole rings is 1. The third kappa shape index (κ3) is 4.58. The number of carbonyl (C=O) groups excluding carboxylic acids is 1. The fourth-order valence-corrected chi connectivity index (χ4v) is 3.86. The van der Waals surface area contributed by atoms with Crippen molar-refractivity contribution in [2.75, 3.05) is 42.9 Å². The van der Waals surface area contributed by atoms with Gasteiger partial charge in [0.25, 0.3) is 0 Å². The van der Waals surface area contributed by atoms with Crippen molar-refractivity contribution >= 4 is 28.6 Å². The number of hydrogen-bond donors (Lipinski definition) is 1. The molecule has 2 aromatic rings. The van der Waals surface area contributed by atoms with E-state index in [1.807, 2.05) is 23.6 Å². The quantitative estimate of drug-likeness (QED) is 0.862. The van der Waals surface area contributed by atoms with Gasteiger partial charge in [-0.3, -0.25) is 4.79 Å². The summed E-state index contributed by atoms with van der Waals surface area (Å²) >= 11 is 1.62. The van der Waals surface area contributed by atoms with Gasteiger partial charge < -0.3 is 15.1 Å². The van der Waals surface area contributed by atoms with Crippen LogP contribution in [-0.4, -0.2) is 48.5 Å². The van der Waals surface area contributed by atoms with Crippen molar-refractivity contribution in [3.8, 4) is 0 Å². The predicted octanol–water partition coefficient (Wildman–Crippen LogP) is 3.03. The molecule has 134 valence electrons. The molecule has 1 aromatic heterocycles. The first-order valence-electron chi connectivity index (χ1n) is 8.99. The average Bonchev–Trinajstić information content (AvgIpc) is 3.10. The highest BCUT2D eigenvalue weighted by atomic mass is 32.1. The molecule has 6 heteroatoms. The number of aromatic nitrogens is 1. The van der Waals surface area contributed by atoms with Gasteiger partial charge in [0.15, 0.2) is 0 Å². The number of hydrogen-bond acceptors (Lipinski definition) is 5. The summed E-state index contributed by atoms with van der Waals surface area (Å²) in [6, 6.07) is 8.08. The average molecular weight is 359 g/mol. The normalized spacial score (nSPS) is 15.4. The summed E-state index contributed by atoms with van der Waals surface area (Å²) in [6.07, 6.45) is 1.24. The fraction of sp³-hybridized carbons (Fsp3) is 0.474. The van der Waals surface area contributed by atoms with Gasteiger partial charge in [0.2, 0.25) is 5.91 Å². The second-order valence-corrected chi connectivity index (χ2v) is 7.19. The Balaban J connectivity index is 1.65. The highest BCUT2D eigenvalue weighted by Gasteiger charge is 2.19. The van der Waals surface area contributed by atoms with E-state index in [-0.39, 0.29) is 5.91 Å². The molecule has 0 spiro atoms. The SMILES string of the molecule is CCc1nc(CC(=O)Nc2ccccc2N2CCN(CC)CC2)cs1. The zero-order chi connectivity index (χ0) is 17.6. The fourth-order valence-electron chi connectivity index (χ4n) is 3.11. The summed E-state index contributed by atoms with van der Waals surface area (Å²) < 4.78 is 0. The van der Waals surface area contributed by atoms with Crippen molar-refractivity contribution in [3.05, 3.63) is 40.3 Å². The molecular weight excluding hydrogens is 332 g/mol. The molecule has 1 aromatic carbocycles. The first-order valence-corrected chi connectivity index (χ1v) is 9.87. The van der Waals surface area contributed by atoms with E-state index in [0.29, 0.717) is 6.42 Å². The minimum absolute atomic E-state index is 0.00685. The lowest BCUT2D eigenvalue weighted by Crippen LogP contribution is -2.46. The van der Waals surface area contributed by atoms with Crippen LogP contribution >= 0.6 is 11.3 Å². The number of rotatable bonds is 6. The molecule has 0 aliphatic carbocycles. The molecule has 0 saturated carbocycles. The Morgan fingerprint density at radius 1 is 1.20 bits per heavy atom. The van der Waals surface area contributed by atoms with Gasteiger partial charge in [0.1, 0.15) is 0 Å². The number of anilines is 2. The van der Waals surface area contributed by atoms with E-state index in [1.54, 1.807) is 11.3 Å². The molecule has 1 fully saturated rings. The molecule has 1 aliphatic rings. The predicted molar refractivity (Wildman–Crippen MR) is 105 cm³/mol. The van der Waals surface area contributed by atoms with E-state index in [2.05, 4.69) is 40.0 Å². The van der Waals surface area contributed by atoms with Gasteiger partial charge in [-0.05, 0) is 25.1 Å². The molecule has 1 saturated heterocycles. The zero-order valence-electron chi connectivity index (χ0n) is 15.0. The van der Waals surface area contributed by atoms with E-state index >= 15 is 0 Å². The van der Waals surface area contributed by atoms with Crippen molar-refractivity contribution in [1.29, 1.82) is 0 Å². The summed E-state index contributed by atoms with van der Waals surface area (Å²) in [6.45, 7) is 9.50. The van der Waals surface area contributed by atoms with E-state index in [0.717, 1.165) is 61.2 Å². The lowest BCUT2D eigenvalue weighted by Gasteiger charge is -2.36. The Kier molecular flexibility index (Phi) is 6.04. The number of carbonyl (C=O) groups is 1. The second-order valence-electron chi connectivity index (χ2n) is 6.25. The van der Waals surface area contributed by atoms with E-state index in [1.165, 1.54) is 0 Å². The molecule has 2 heterocycles. The molecule has 0 unspecified atom stereocenters. The summed E-state index contributed by atoms with van der Waals surface area (Å²) in [4.78, 5) is 21.7. The van der Waals surface area contributed by atoms with Crippen LogP contribution in [0.5, 0.6) is 0 Å². The maximum absolute atomic E-state index is 12.4. The van der Waals surface area contributed by atoms with Crippen LogP contribution in [0.2, 0.25) is 0 Å². The van der Waals surface area contributed by atoms with Crippen molar-refractivity contribution in [2.45, 2.75) is 26.7 Å². The van der Waals surface area contributed by atoms with Crippen LogP contribution in [0.4, 0.5) is 11.4 Å². The molecule has 5 nitrogen and oxygen atoms in total. The van der Waals surface area contributed by atoms with Crippen LogP contribution < -0.4 is 10.2 Å². The molecule has 1 amide bonds. The Morgan fingerprint density at radius 2 is 1.96 bits per heavy atom. The monoisotopic (exact) mass is 358 g/mol. The maximum Gasteiger partial charge on any atom is 0.230 e.